The van der Waals surface area contributed by atoms with E-state index in [1.54, 1.807) is 0 Å². The predicted octanol–water partition coefficient (Wildman–Crippen LogP) is -0.629. The van der Waals surface area contributed by atoms with Gasteiger partial charge in [0.25, 0.3) is 0 Å². The number of rotatable bonds is 3. The van der Waals surface area contributed by atoms with Gasteiger partial charge in [-0.2, -0.15) is 10.2 Å². The van der Waals surface area contributed by atoms with Crippen molar-refractivity contribution >= 4 is 10.1 Å². The first-order valence-corrected chi connectivity index (χ1v) is 3.72. The molecular weight excluding hydrogens is 158 g/mol. The highest BCUT2D eigenvalue weighted by Crippen LogP contribution is 1.84. The Morgan fingerprint density at radius 3 is 2.60 bits per heavy atom. The summed E-state index contributed by atoms with van der Waals surface area (Å²) in [6, 6.07) is 0. The first kappa shape index (κ1) is 9.21. The molecule has 58 valence electrons. The largest absolute Gasteiger partial charge is 0.744 e. The third-order valence-electron chi connectivity index (χ3n) is 0.457. The first-order valence-electron chi connectivity index (χ1n) is 2.25. The monoisotopic (exact) mass is 164 g/mol. The minimum atomic E-state index is -4.33. The lowest BCUT2D eigenvalue weighted by atomic mass is 11.1. The van der Waals surface area contributed by atoms with Gasteiger partial charge in [-0.3, -0.25) is 0 Å². The Morgan fingerprint density at radius 1 is 1.60 bits per heavy atom. The summed E-state index contributed by atoms with van der Waals surface area (Å²) in [6.45, 7) is -0.0384. The second kappa shape index (κ2) is 4.09. The average molecular weight is 164 g/mol. The van der Waals surface area contributed by atoms with Crippen molar-refractivity contribution < 1.29 is 13.0 Å². The van der Waals surface area contributed by atoms with E-state index >= 15 is 0 Å². The molecule has 2 N–H and O–H groups in total. The van der Waals surface area contributed by atoms with E-state index in [0.29, 0.717) is 5.41 Å². The van der Waals surface area contributed by atoms with Crippen LogP contribution in [0.15, 0.2) is 21.8 Å². The summed E-state index contributed by atoms with van der Waals surface area (Å²) in [5.74, 6) is 0. The number of hydrogen-bond donors (Lipinski definition) is 1. The van der Waals surface area contributed by atoms with E-state index in [2.05, 4.69) is 10.2 Å². The van der Waals surface area contributed by atoms with E-state index in [1.807, 2.05) is 0 Å². The Morgan fingerprint density at radius 2 is 2.20 bits per heavy atom. The van der Waals surface area contributed by atoms with Crippen LogP contribution in [-0.4, -0.2) is 19.6 Å². The van der Waals surface area contributed by atoms with Crippen LogP contribution < -0.4 is 5.73 Å². The van der Waals surface area contributed by atoms with Crippen molar-refractivity contribution in [2.75, 3.05) is 6.67 Å². The van der Waals surface area contributed by atoms with Crippen LogP contribution in [0.5, 0.6) is 0 Å². The van der Waals surface area contributed by atoms with Gasteiger partial charge in [0, 0.05) is 5.41 Å². The molecule has 0 rings (SSSR count). The second-order valence-corrected chi connectivity index (χ2v) is 2.48. The molecule has 0 heterocycles. The van der Waals surface area contributed by atoms with Gasteiger partial charge in [0.15, 0.2) is 0 Å². The summed E-state index contributed by atoms with van der Waals surface area (Å²) in [6.07, 6.45) is 0.773. The highest BCUT2D eigenvalue weighted by atomic mass is 32.2. The van der Waals surface area contributed by atoms with Crippen molar-refractivity contribution in [3.8, 4) is 0 Å². The lowest BCUT2D eigenvalue weighted by Crippen LogP contribution is -1.91. The van der Waals surface area contributed by atoms with Gasteiger partial charge >= 0.3 is 0 Å². The smallest absolute Gasteiger partial charge is 0.119 e. The van der Waals surface area contributed by atoms with Crippen LogP contribution in [0.25, 0.3) is 0 Å². The van der Waals surface area contributed by atoms with Crippen molar-refractivity contribution in [1.29, 1.82) is 0 Å². The lowest BCUT2D eigenvalue weighted by molar-refractivity contribution is 0.474. The molecule has 0 radical (unpaired) electrons. The summed E-state index contributed by atoms with van der Waals surface area (Å²) in [5.41, 5.74) is 4.86. The molecular formula is C3H6N3O3S-. The topological polar surface area (TPSA) is 108 Å². The molecule has 0 bridgehead atoms. The number of nitrogens with zero attached hydrogens (tertiary/aromatic N) is 2. The highest BCUT2D eigenvalue weighted by Gasteiger charge is 1.79. The minimum absolute atomic E-state index is 0.0384. The van der Waals surface area contributed by atoms with Gasteiger partial charge < -0.3 is 10.3 Å². The average Bonchev–Trinajstić information content (AvgIpc) is 1.78. The maximum absolute atomic E-state index is 9.82. The molecule has 0 amide bonds. The fraction of sp³-hybridized carbons (Fsp3) is 0.333. The zero-order chi connectivity index (χ0) is 8.04. The molecule has 0 aliphatic rings. The molecule has 0 saturated carbocycles. The van der Waals surface area contributed by atoms with Crippen LogP contribution in [0.1, 0.15) is 0 Å². The Kier molecular flexibility index (Phi) is 3.77. The minimum Gasteiger partial charge on any atom is -0.744 e. The summed E-state index contributed by atoms with van der Waals surface area (Å²) < 4.78 is 29.5. The third-order valence-corrected chi connectivity index (χ3v) is 0.913. The fourth-order valence-electron chi connectivity index (χ4n) is 0.196. The number of hydrogen-bond acceptors (Lipinski definition) is 6. The molecule has 0 atom stereocenters. The summed E-state index contributed by atoms with van der Waals surface area (Å²) in [7, 11) is -4.33. The normalized spacial score (nSPS) is 13.4. The van der Waals surface area contributed by atoms with E-state index in [4.69, 9.17) is 5.73 Å². The van der Waals surface area contributed by atoms with E-state index < -0.39 is 10.1 Å². The maximum atomic E-state index is 9.82. The van der Waals surface area contributed by atoms with E-state index in [-0.39, 0.29) is 6.67 Å². The molecule has 6 nitrogen and oxygen atoms in total. The summed E-state index contributed by atoms with van der Waals surface area (Å²) >= 11 is 0. The molecule has 0 unspecified atom stereocenters. The van der Waals surface area contributed by atoms with Gasteiger partial charge in [-0.1, -0.05) is 0 Å². The van der Waals surface area contributed by atoms with Gasteiger partial charge in [-0.25, -0.2) is 8.42 Å². The first-order chi connectivity index (χ1) is 4.56. The van der Waals surface area contributed by atoms with Gasteiger partial charge in [-0.05, 0) is 0 Å². The lowest BCUT2D eigenvalue weighted by Gasteiger charge is -1.94. The van der Waals surface area contributed by atoms with Gasteiger partial charge in [0.05, 0.1) is 6.20 Å². The molecule has 0 saturated heterocycles. The number of azo groups is 1. The summed E-state index contributed by atoms with van der Waals surface area (Å²) in [4.78, 5) is 0. The van der Waals surface area contributed by atoms with Crippen molar-refractivity contribution in [3.63, 3.8) is 0 Å². The zero-order valence-corrected chi connectivity index (χ0v) is 5.78. The van der Waals surface area contributed by atoms with Crippen LogP contribution in [0.2, 0.25) is 0 Å². The SMILES string of the molecule is NCN=N/C=C\S(=O)(=O)[O-]. The van der Waals surface area contributed by atoms with Gasteiger partial charge in [-0.15, -0.1) is 0 Å². The van der Waals surface area contributed by atoms with Crippen molar-refractivity contribution in [1.82, 2.24) is 0 Å². The molecule has 7 heteroatoms. The fourth-order valence-corrected chi connectivity index (χ4v) is 0.400. The quantitative estimate of drug-likeness (QED) is 0.442. The molecule has 0 aromatic carbocycles. The van der Waals surface area contributed by atoms with Crippen LogP contribution in [0.4, 0.5) is 0 Å². The molecule has 0 aliphatic carbocycles. The highest BCUT2D eigenvalue weighted by molar-refractivity contribution is 7.88. The second-order valence-electron chi connectivity index (χ2n) is 1.22. The molecule has 0 aliphatic heterocycles. The van der Waals surface area contributed by atoms with Crippen molar-refractivity contribution in [3.05, 3.63) is 11.6 Å². The Balaban J connectivity index is 3.91. The molecule has 0 aromatic rings. The molecule has 0 spiro atoms. The van der Waals surface area contributed by atoms with E-state index in [0.717, 1.165) is 6.20 Å². The molecule has 0 aromatic heterocycles. The Labute approximate surface area is 58.2 Å². The van der Waals surface area contributed by atoms with E-state index in [9.17, 15) is 13.0 Å². The van der Waals surface area contributed by atoms with Crippen LogP contribution in [0.3, 0.4) is 0 Å². The maximum Gasteiger partial charge on any atom is 0.119 e. The van der Waals surface area contributed by atoms with Crippen molar-refractivity contribution in [2.24, 2.45) is 16.0 Å². The zero-order valence-electron chi connectivity index (χ0n) is 4.97. The van der Waals surface area contributed by atoms with Crippen LogP contribution in [0, 0.1) is 0 Å². The van der Waals surface area contributed by atoms with Crippen LogP contribution >= 0.6 is 0 Å². The predicted molar refractivity (Wildman–Crippen MR) is 32.7 cm³/mol. The van der Waals surface area contributed by atoms with Crippen LogP contribution in [-0.2, 0) is 10.1 Å². The van der Waals surface area contributed by atoms with Crippen molar-refractivity contribution in [2.45, 2.75) is 0 Å². The standard InChI is InChI=1S/C3H7N3O3S/c4-3-6-5-1-2-10(7,8)9/h1-2H,3-4H2,(H,7,8,9)/p-1/b2-1-,6-5?. The Hall–Kier alpha value is -0.790. The van der Waals surface area contributed by atoms with Gasteiger partial charge in [0.2, 0.25) is 0 Å². The molecule has 0 fully saturated rings. The number of nitrogens with two attached hydrogens (primary N) is 1. The third kappa shape index (κ3) is 7.21. The molecule has 10 heavy (non-hydrogen) atoms. The summed E-state index contributed by atoms with van der Waals surface area (Å²) in [5, 5.41) is 6.70. The Bertz CT molecular complexity index is 229. The van der Waals surface area contributed by atoms with Gasteiger partial charge in [0.1, 0.15) is 16.8 Å². The van der Waals surface area contributed by atoms with E-state index in [1.165, 1.54) is 0 Å².